The number of rotatable bonds is 2. The van der Waals surface area contributed by atoms with Gasteiger partial charge in [0.15, 0.2) is 7.85 Å². The topological polar surface area (TPSA) is 61.0 Å². The Morgan fingerprint density at radius 3 is 2.84 bits per heavy atom. The normalized spacial score (nSPS) is 16.2. The zero-order valence-corrected chi connectivity index (χ0v) is 11.6. The maximum atomic E-state index is 12.6. The van der Waals surface area contributed by atoms with E-state index in [-0.39, 0.29) is 5.43 Å². The van der Waals surface area contributed by atoms with Gasteiger partial charge >= 0.3 is 0 Å². The fourth-order valence-corrected chi connectivity index (χ4v) is 3.25. The van der Waals surface area contributed by atoms with Crippen molar-refractivity contribution in [1.82, 2.24) is 15.3 Å². The van der Waals surface area contributed by atoms with Gasteiger partial charge in [0.2, 0.25) is 5.43 Å². The maximum absolute atomic E-state index is 12.6. The number of aromatic nitrogens is 2. The Morgan fingerprint density at radius 1 is 1.42 bits per heavy atom. The van der Waals surface area contributed by atoms with Crippen LogP contribution in [0.1, 0.15) is 12.6 Å². The third-order valence-electron chi connectivity index (χ3n) is 3.41. The minimum atomic E-state index is 0.000417. The second kappa shape index (κ2) is 4.98. The molecule has 5 nitrogen and oxygen atoms in total. The van der Waals surface area contributed by atoms with Crippen LogP contribution in [0.4, 0.5) is 5.69 Å². The van der Waals surface area contributed by atoms with Gasteiger partial charge in [-0.2, -0.15) is 0 Å². The second-order valence-electron chi connectivity index (χ2n) is 4.60. The number of anilines is 1. The number of H-pyrrole nitrogens is 1. The molecule has 2 aromatic heterocycles. The largest absolute Gasteiger partial charge is 0.364 e. The molecular weight excluding hydrogens is 259 g/mol. The van der Waals surface area contributed by atoms with Gasteiger partial charge in [-0.3, -0.25) is 4.79 Å². The van der Waals surface area contributed by atoms with Crippen LogP contribution in [0.3, 0.4) is 0 Å². The van der Waals surface area contributed by atoms with Gasteiger partial charge < -0.3 is 15.2 Å². The first-order valence-corrected chi connectivity index (χ1v) is 7.29. The molecule has 0 bridgehead atoms. The summed E-state index contributed by atoms with van der Waals surface area (Å²) in [4.78, 5) is 23.5. The lowest BCUT2D eigenvalue weighted by Gasteiger charge is -2.30. The number of thiazole rings is 1. The van der Waals surface area contributed by atoms with Crippen LogP contribution in [0.5, 0.6) is 0 Å². The Hall–Kier alpha value is -1.34. The van der Waals surface area contributed by atoms with E-state index in [2.05, 4.69) is 20.2 Å². The van der Waals surface area contributed by atoms with Gasteiger partial charge in [-0.1, -0.05) is 6.92 Å². The summed E-state index contributed by atoms with van der Waals surface area (Å²) in [5, 5.41) is 3.30. The van der Waals surface area contributed by atoms with Crippen molar-refractivity contribution in [3.63, 3.8) is 0 Å². The average Bonchev–Trinajstić information content (AvgIpc) is 2.80. The number of hydrogen-bond acceptors (Lipinski definition) is 5. The summed E-state index contributed by atoms with van der Waals surface area (Å²) in [6.45, 7) is 5.55. The van der Waals surface area contributed by atoms with Crippen molar-refractivity contribution in [3.05, 3.63) is 15.9 Å². The highest BCUT2D eigenvalue weighted by atomic mass is 32.1. The summed E-state index contributed by atoms with van der Waals surface area (Å²) in [7, 11) is 5.70. The fraction of sp³-hybridized carbons (Fsp3) is 0.500. The molecule has 2 radical (unpaired) electrons. The number of piperazine rings is 1. The van der Waals surface area contributed by atoms with E-state index >= 15 is 0 Å². The highest BCUT2D eigenvalue weighted by molar-refractivity contribution is 7.25. The van der Waals surface area contributed by atoms with E-state index < -0.39 is 0 Å². The first-order valence-electron chi connectivity index (χ1n) is 6.47. The molecule has 3 heterocycles. The van der Waals surface area contributed by atoms with Crippen LogP contribution in [0, 0.1) is 0 Å². The van der Waals surface area contributed by atoms with Crippen LogP contribution in [-0.2, 0) is 6.42 Å². The van der Waals surface area contributed by atoms with Gasteiger partial charge in [-0.15, -0.1) is 11.3 Å². The van der Waals surface area contributed by atoms with E-state index in [1.807, 2.05) is 6.92 Å². The molecular formula is C12H15BN4OS. The minimum absolute atomic E-state index is 0.000417. The van der Waals surface area contributed by atoms with E-state index in [1.54, 1.807) is 0 Å². The second-order valence-corrected chi connectivity index (χ2v) is 5.63. The highest BCUT2D eigenvalue weighted by Crippen LogP contribution is 2.20. The van der Waals surface area contributed by atoms with Gasteiger partial charge in [0.25, 0.3) is 0 Å². The molecule has 3 rings (SSSR count). The summed E-state index contributed by atoms with van der Waals surface area (Å²) in [6.07, 6.45) is 0.794. The van der Waals surface area contributed by atoms with Crippen molar-refractivity contribution in [1.29, 1.82) is 0 Å². The molecule has 98 valence electrons. The van der Waals surface area contributed by atoms with Gasteiger partial charge in [-0.05, 0) is 6.42 Å². The zero-order chi connectivity index (χ0) is 13.4. The molecule has 7 heteroatoms. The Bertz CT molecular complexity index is 660. The third-order valence-corrected chi connectivity index (χ3v) is 4.21. The molecule has 0 aliphatic carbocycles. The zero-order valence-electron chi connectivity index (χ0n) is 10.8. The van der Waals surface area contributed by atoms with Crippen molar-refractivity contribution < 1.29 is 0 Å². The molecule has 2 aromatic rings. The van der Waals surface area contributed by atoms with Crippen molar-refractivity contribution in [2.24, 2.45) is 0 Å². The molecule has 1 aliphatic heterocycles. The van der Waals surface area contributed by atoms with Crippen LogP contribution in [-0.4, -0.2) is 44.0 Å². The van der Waals surface area contributed by atoms with Gasteiger partial charge in [-0.25, -0.2) is 4.98 Å². The fourth-order valence-electron chi connectivity index (χ4n) is 2.50. The monoisotopic (exact) mass is 274 g/mol. The van der Waals surface area contributed by atoms with Crippen LogP contribution >= 0.6 is 11.3 Å². The van der Waals surface area contributed by atoms with E-state index in [9.17, 15) is 4.79 Å². The van der Waals surface area contributed by atoms with Crippen LogP contribution in [0.15, 0.2) is 4.79 Å². The molecule has 0 unspecified atom stereocenters. The Labute approximate surface area is 116 Å². The summed E-state index contributed by atoms with van der Waals surface area (Å²) in [6, 6.07) is 0. The standard InChI is InChI=1S/C12H15BN4OS/c1-2-7-9(17-5-3-14-4-6-17)10(18)8-11(15-7)19-12(13)16-8/h14H,2-6H2,1H3,(H,15,18). The molecule has 1 aliphatic rings. The SMILES string of the molecule is [B]c1nc2c(=O)c(N3CCNCC3)c(CC)[nH]c2s1. The van der Waals surface area contributed by atoms with Crippen molar-refractivity contribution in [3.8, 4) is 0 Å². The summed E-state index contributed by atoms with van der Waals surface area (Å²) in [5.74, 6) is 0. The summed E-state index contributed by atoms with van der Waals surface area (Å²) < 4.78 is 0. The summed E-state index contributed by atoms with van der Waals surface area (Å²) >= 11 is 1.33. The molecule has 0 spiro atoms. The molecule has 0 amide bonds. The first kappa shape index (κ1) is 12.7. The lowest BCUT2D eigenvalue weighted by Crippen LogP contribution is -2.45. The Morgan fingerprint density at radius 2 is 2.16 bits per heavy atom. The molecule has 1 saturated heterocycles. The minimum Gasteiger partial charge on any atom is -0.364 e. The van der Waals surface area contributed by atoms with Crippen LogP contribution < -0.4 is 20.6 Å². The van der Waals surface area contributed by atoms with E-state index in [0.29, 0.717) is 10.4 Å². The van der Waals surface area contributed by atoms with Crippen LogP contribution in [0.2, 0.25) is 0 Å². The van der Waals surface area contributed by atoms with Crippen LogP contribution in [0.25, 0.3) is 10.3 Å². The van der Waals surface area contributed by atoms with Crippen molar-refractivity contribution in [2.75, 3.05) is 31.1 Å². The number of aryl methyl sites for hydroxylation is 1. The predicted octanol–water partition coefficient (Wildman–Crippen LogP) is -0.250. The van der Waals surface area contributed by atoms with Gasteiger partial charge in [0.05, 0.1) is 0 Å². The first-order chi connectivity index (χ1) is 9.20. The molecule has 2 N–H and O–H groups in total. The summed E-state index contributed by atoms with van der Waals surface area (Å²) in [5.41, 5.74) is 2.21. The molecule has 19 heavy (non-hydrogen) atoms. The number of aromatic amines is 1. The van der Waals surface area contributed by atoms with E-state index in [1.165, 1.54) is 11.3 Å². The number of fused-ring (bicyclic) bond motifs is 1. The molecule has 0 saturated carbocycles. The predicted molar refractivity (Wildman–Crippen MR) is 80.1 cm³/mol. The number of nitrogens with one attached hydrogen (secondary N) is 2. The average molecular weight is 274 g/mol. The van der Waals surface area contributed by atoms with Crippen molar-refractivity contribution in [2.45, 2.75) is 13.3 Å². The lowest BCUT2D eigenvalue weighted by atomic mass is 10.2. The number of nitrogens with zero attached hydrogens (tertiary/aromatic N) is 2. The van der Waals surface area contributed by atoms with Gasteiger partial charge in [0, 0.05) is 36.8 Å². The number of hydrogen-bond donors (Lipinski definition) is 2. The molecule has 0 atom stereocenters. The number of pyridine rings is 1. The quantitative estimate of drug-likeness (QED) is 0.741. The lowest BCUT2D eigenvalue weighted by molar-refractivity contribution is 0.586. The van der Waals surface area contributed by atoms with Gasteiger partial charge in [0.1, 0.15) is 16.0 Å². The van der Waals surface area contributed by atoms with Crippen molar-refractivity contribution >= 4 is 40.1 Å². The highest BCUT2D eigenvalue weighted by Gasteiger charge is 2.20. The Balaban J connectivity index is 2.20. The van der Waals surface area contributed by atoms with E-state index in [4.69, 9.17) is 7.85 Å². The molecule has 1 fully saturated rings. The maximum Gasteiger partial charge on any atom is 0.232 e. The smallest absolute Gasteiger partial charge is 0.232 e. The Kier molecular flexibility index (Phi) is 3.32. The van der Waals surface area contributed by atoms with E-state index in [0.717, 1.165) is 48.8 Å². The third kappa shape index (κ3) is 2.17. The molecule has 0 aromatic carbocycles.